The van der Waals surface area contributed by atoms with Gasteiger partial charge in [-0.3, -0.25) is 0 Å². The van der Waals surface area contributed by atoms with E-state index < -0.39 is 10.2 Å². The van der Waals surface area contributed by atoms with Gasteiger partial charge in [-0.05, 0) is 24.8 Å². The Bertz CT molecular complexity index is 827. The Balaban J connectivity index is 1.44. The van der Waals surface area contributed by atoms with Crippen LogP contribution in [0.3, 0.4) is 0 Å². The summed E-state index contributed by atoms with van der Waals surface area (Å²) in [6.07, 6.45) is 4.10. The van der Waals surface area contributed by atoms with Gasteiger partial charge in [-0.2, -0.15) is 17.0 Å². The minimum atomic E-state index is -3.37. The fraction of sp³-hybridized carbons (Fsp3) is 0.500. The molecular weight excluding hydrogens is 338 g/mol. The maximum atomic E-state index is 12.7. The van der Waals surface area contributed by atoms with Crippen molar-refractivity contribution in [3.05, 3.63) is 53.2 Å². The van der Waals surface area contributed by atoms with Crippen molar-refractivity contribution in [2.75, 3.05) is 19.6 Å². The molecule has 0 bridgehead atoms. The quantitative estimate of drug-likeness (QED) is 0.818. The number of nitrogens with zero attached hydrogens (tertiary/aromatic N) is 3. The zero-order chi connectivity index (χ0) is 17.3. The van der Waals surface area contributed by atoms with Crippen LogP contribution < -0.4 is 0 Å². The van der Waals surface area contributed by atoms with Gasteiger partial charge >= 0.3 is 0 Å². The molecule has 1 aromatic carbocycles. The molecule has 2 aromatic rings. The minimum absolute atomic E-state index is 0.322. The van der Waals surface area contributed by atoms with Crippen molar-refractivity contribution < 1.29 is 12.8 Å². The third-order valence-corrected chi connectivity index (χ3v) is 6.91. The van der Waals surface area contributed by atoms with E-state index in [4.69, 9.17) is 4.42 Å². The first-order chi connectivity index (χ1) is 12.1. The first-order valence-corrected chi connectivity index (χ1v) is 10.3. The molecule has 0 spiro atoms. The summed E-state index contributed by atoms with van der Waals surface area (Å²) in [7, 11) is -3.37. The largest absolute Gasteiger partial charge is 0.445 e. The number of hydrogen-bond acceptors (Lipinski definition) is 4. The topological polar surface area (TPSA) is 66.7 Å². The van der Waals surface area contributed by atoms with E-state index in [2.05, 4.69) is 17.1 Å². The van der Waals surface area contributed by atoms with Crippen LogP contribution >= 0.6 is 0 Å². The Morgan fingerprint density at radius 2 is 1.76 bits per heavy atom. The number of hydrogen-bond donors (Lipinski definition) is 0. The second kappa shape index (κ2) is 6.90. The van der Waals surface area contributed by atoms with E-state index in [1.807, 2.05) is 18.2 Å². The predicted octanol–water partition coefficient (Wildman–Crippen LogP) is 2.16. The Morgan fingerprint density at radius 3 is 2.52 bits per heavy atom. The van der Waals surface area contributed by atoms with E-state index in [0.29, 0.717) is 38.5 Å². The van der Waals surface area contributed by atoms with E-state index in [0.717, 1.165) is 37.1 Å². The lowest BCUT2D eigenvalue weighted by Gasteiger charge is -2.28. The molecule has 2 aliphatic rings. The summed E-state index contributed by atoms with van der Waals surface area (Å²) in [5.74, 6) is 1.55. The molecule has 0 amide bonds. The number of oxazole rings is 1. The molecule has 0 unspecified atom stereocenters. The molecule has 6 nitrogen and oxygen atoms in total. The fourth-order valence-electron chi connectivity index (χ4n) is 3.51. The van der Waals surface area contributed by atoms with Crippen molar-refractivity contribution in [3.8, 4) is 0 Å². The van der Waals surface area contributed by atoms with E-state index in [1.165, 1.54) is 5.56 Å². The third kappa shape index (κ3) is 3.49. The van der Waals surface area contributed by atoms with Crippen LogP contribution in [0.4, 0.5) is 0 Å². The average molecular weight is 361 g/mol. The van der Waals surface area contributed by atoms with Crippen LogP contribution in [0.15, 0.2) is 34.7 Å². The van der Waals surface area contributed by atoms with Crippen LogP contribution in [0.2, 0.25) is 0 Å². The van der Waals surface area contributed by atoms with E-state index in [-0.39, 0.29) is 0 Å². The fourth-order valence-corrected chi connectivity index (χ4v) is 5.16. The molecule has 25 heavy (non-hydrogen) atoms. The van der Waals surface area contributed by atoms with Crippen LogP contribution in [-0.4, -0.2) is 41.6 Å². The van der Waals surface area contributed by atoms with E-state index in [9.17, 15) is 8.42 Å². The minimum Gasteiger partial charge on any atom is -0.445 e. The van der Waals surface area contributed by atoms with Crippen LogP contribution in [0, 0.1) is 0 Å². The highest BCUT2D eigenvalue weighted by Gasteiger charge is 2.35. The standard InChI is InChI=1S/C18H23N3O3S/c22-25(23,20-11-4-5-12-20)21-13-10-17-16(14-21)19-18(24-17)9-8-15-6-2-1-3-7-15/h1-3,6-7H,4-5,8-14H2. The van der Waals surface area contributed by atoms with Crippen LogP contribution in [0.5, 0.6) is 0 Å². The van der Waals surface area contributed by atoms with Crippen LogP contribution in [0.1, 0.15) is 35.7 Å². The van der Waals surface area contributed by atoms with Crippen molar-refractivity contribution in [2.45, 2.75) is 38.6 Å². The summed E-state index contributed by atoms with van der Waals surface area (Å²) >= 11 is 0. The normalized spacial score (nSPS) is 19.2. The van der Waals surface area contributed by atoms with Crippen LogP contribution in [0.25, 0.3) is 0 Å². The SMILES string of the molecule is O=S(=O)(N1CCCC1)N1CCc2oc(CCc3ccccc3)nc2C1. The van der Waals surface area contributed by atoms with Gasteiger partial charge in [-0.15, -0.1) is 0 Å². The summed E-state index contributed by atoms with van der Waals surface area (Å²) in [5.41, 5.74) is 2.02. The lowest BCUT2D eigenvalue weighted by molar-refractivity contribution is 0.326. The van der Waals surface area contributed by atoms with E-state index in [1.54, 1.807) is 8.61 Å². The summed E-state index contributed by atoms with van der Waals surface area (Å²) in [5, 5.41) is 0. The molecule has 0 aliphatic carbocycles. The van der Waals surface area contributed by atoms with Gasteiger partial charge in [0.2, 0.25) is 0 Å². The smallest absolute Gasteiger partial charge is 0.282 e. The molecule has 1 aromatic heterocycles. The van der Waals surface area contributed by atoms with Crippen molar-refractivity contribution in [1.29, 1.82) is 0 Å². The van der Waals surface area contributed by atoms with Gasteiger partial charge in [0.05, 0.1) is 12.2 Å². The molecule has 0 atom stereocenters. The predicted molar refractivity (Wildman–Crippen MR) is 94.2 cm³/mol. The molecular formula is C18H23N3O3S. The lowest BCUT2D eigenvalue weighted by Crippen LogP contribution is -2.44. The average Bonchev–Trinajstić information content (AvgIpc) is 3.30. The third-order valence-electron chi connectivity index (χ3n) is 4.92. The van der Waals surface area contributed by atoms with Gasteiger partial charge < -0.3 is 4.42 Å². The first kappa shape index (κ1) is 16.8. The number of aromatic nitrogens is 1. The molecule has 2 aliphatic heterocycles. The molecule has 3 heterocycles. The summed E-state index contributed by atoms with van der Waals surface area (Å²) < 4.78 is 34.4. The van der Waals surface area contributed by atoms with Crippen molar-refractivity contribution >= 4 is 10.2 Å². The van der Waals surface area contributed by atoms with Crippen molar-refractivity contribution in [2.24, 2.45) is 0 Å². The van der Waals surface area contributed by atoms with Gasteiger partial charge in [-0.1, -0.05) is 30.3 Å². The second-order valence-corrected chi connectivity index (χ2v) is 8.59. The highest BCUT2D eigenvalue weighted by Crippen LogP contribution is 2.25. The zero-order valence-electron chi connectivity index (χ0n) is 14.2. The van der Waals surface area contributed by atoms with Crippen molar-refractivity contribution in [1.82, 2.24) is 13.6 Å². The van der Waals surface area contributed by atoms with Gasteiger partial charge in [0, 0.05) is 32.5 Å². The number of fused-ring (bicyclic) bond motifs is 1. The lowest BCUT2D eigenvalue weighted by atomic mass is 10.1. The molecule has 0 saturated carbocycles. The summed E-state index contributed by atoms with van der Waals surface area (Å²) in [4.78, 5) is 4.56. The first-order valence-electron chi connectivity index (χ1n) is 8.89. The summed E-state index contributed by atoms with van der Waals surface area (Å²) in [6.45, 7) is 2.06. The molecule has 4 rings (SSSR count). The molecule has 1 saturated heterocycles. The van der Waals surface area contributed by atoms with Crippen LogP contribution in [-0.2, 0) is 36.0 Å². The maximum Gasteiger partial charge on any atom is 0.282 e. The van der Waals surface area contributed by atoms with Gasteiger partial charge in [-0.25, -0.2) is 4.98 Å². The van der Waals surface area contributed by atoms with Gasteiger partial charge in [0.25, 0.3) is 10.2 Å². The summed E-state index contributed by atoms with van der Waals surface area (Å²) in [6, 6.07) is 10.2. The number of rotatable bonds is 5. The van der Waals surface area contributed by atoms with Gasteiger partial charge in [0.15, 0.2) is 5.89 Å². The Kier molecular flexibility index (Phi) is 4.62. The number of aryl methyl sites for hydroxylation is 2. The maximum absolute atomic E-state index is 12.7. The second-order valence-electron chi connectivity index (χ2n) is 6.66. The molecule has 0 N–H and O–H groups in total. The molecule has 7 heteroatoms. The number of benzene rings is 1. The highest BCUT2D eigenvalue weighted by atomic mass is 32.2. The van der Waals surface area contributed by atoms with Crippen molar-refractivity contribution in [3.63, 3.8) is 0 Å². The monoisotopic (exact) mass is 361 g/mol. The molecule has 0 radical (unpaired) electrons. The highest BCUT2D eigenvalue weighted by molar-refractivity contribution is 7.86. The Morgan fingerprint density at radius 1 is 1.00 bits per heavy atom. The Hall–Kier alpha value is -1.70. The van der Waals surface area contributed by atoms with Gasteiger partial charge in [0.1, 0.15) is 5.76 Å². The zero-order valence-corrected chi connectivity index (χ0v) is 15.0. The molecule has 134 valence electrons. The Labute approximate surface area is 148 Å². The molecule has 1 fully saturated rings. The van der Waals surface area contributed by atoms with E-state index >= 15 is 0 Å².